The van der Waals surface area contributed by atoms with Crippen LogP contribution in [0.2, 0.25) is 5.04 Å². The fourth-order valence-corrected chi connectivity index (χ4v) is 4.58. The highest BCUT2D eigenvalue weighted by molar-refractivity contribution is 6.83. The van der Waals surface area contributed by atoms with E-state index in [2.05, 4.69) is 5.16 Å². The Morgan fingerprint density at radius 2 is 1.65 bits per heavy atom. The van der Waals surface area contributed by atoms with Crippen LogP contribution in [0.3, 0.4) is 0 Å². The van der Waals surface area contributed by atoms with Crippen molar-refractivity contribution in [3.05, 3.63) is 30.3 Å². The molecule has 2 nitrogen and oxygen atoms in total. The predicted molar refractivity (Wildman–Crippen MR) is 84.3 cm³/mol. The summed E-state index contributed by atoms with van der Waals surface area (Å²) in [5.74, 6) is 0. The lowest BCUT2D eigenvalue weighted by atomic mass is 9.99. The third-order valence-corrected chi connectivity index (χ3v) is 7.19. The summed E-state index contributed by atoms with van der Waals surface area (Å²) < 4.78 is 21.2. The lowest BCUT2D eigenvalue weighted by Gasteiger charge is -2.32. The van der Waals surface area contributed by atoms with Gasteiger partial charge in [0.15, 0.2) is 0 Å². The number of halogens is 1. The summed E-state index contributed by atoms with van der Waals surface area (Å²) in [6.07, 6.45) is 5.43. The molecule has 4 heteroatoms. The van der Waals surface area contributed by atoms with Crippen LogP contribution in [0.1, 0.15) is 52.9 Å². The second-order valence-corrected chi connectivity index (χ2v) is 9.97. The van der Waals surface area contributed by atoms with Gasteiger partial charge in [-0.1, -0.05) is 57.5 Å². The van der Waals surface area contributed by atoms with Crippen molar-refractivity contribution in [2.75, 3.05) is 0 Å². The van der Waals surface area contributed by atoms with Gasteiger partial charge in [-0.25, -0.2) is 0 Å². The maximum Gasteiger partial charge on any atom is 0.503 e. The summed E-state index contributed by atoms with van der Waals surface area (Å²) >= 11 is 0. The van der Waals surface area contributed by atoms with Gasteiger partial charge in [0, 0.05) is 10.2 Å². The van der Waals surface area contributed by atoms with E-state index in [4.69, 9.17) is 4.53 Å². The van der Waals surface area contributed by atoms with E-state index >= 15 is 4.11 Å². The molecule has 1 unspecified atom stereocenters. The first-order valence-electron chi connectivity index (χ1n) is 7.42. The van der Waals surface area contributed by atoms with Gasteiger partial charge in [-0.2, -0.15) is 0 Å². The average Bonchev–Trinajstić information content (AvgIpc) is 2.45. The molecule has 1 aliphatic rings. The van der Waals surface area contributed by atoms with Gasteiger partial charge in [0.05, 0.1) is 5.71 Å². The summed E-state index contributed by atoms with van der Waals surface area (Å²) in [7, 11) is -3.60. The van der Waals surface area contributed by atoms with Crippen LogP contribution >= 0.6 is 0 Å². The maximum atomic E-state index is 15.6. The van der Waals surface area contributed by atoms with Gasteiger partial charge in [-0.05, 0) is 25.7 Å². The highest BCUT2D eigenvalue weighted by atomic mass is 28.4. The van der Waals surface area contributed by atoms with Crippen LogP contribution in [0, 0.1) is 0 Å². The summed E-state index contributed by atoms with van der Waals surface area (Å²) in [4.78, 5) is 0. The van der Waals surface area contributed by atoms with Crippen LogP contribution in [0.25, 0.3) is 0 Å². The third-order valence-electron chi connectivity index (χ3n) is 3.84. The number of benzene rings is 1. The van der Waals surface area contributed by atoms with Crippen molar-refractivity contribution in [1.82, 2.24) is 0 Å². The quantitative estimate of drug-likeness (QED) is 0.458. The molecule has 0 amide bonds. The number of rotatable bonds is 3. The fourth-order valence-electron chi connectivity index (χ4n) is 2.45. The Bertz CT molecular complexity index is 461. The molecule has 0 heterocycles. The Morgan fingerprint density at radius 3 is 2.20 bits per heavy atom. The van der Waals surface area contributed by atoms with Crippen molar-refractivity contribution in [2.45, 2.75) is 57.9 Å². The molecule has 0 aromatic heterocycles. The van der Waals surface area contributed by atoms with Gasteiger partial charge in [-0.15, -0.1) is 5.16 Å². The van der Waals surface area contributed by atoms with Crippen LogP contribution in [0.4, 0.5) is 4.11 Å². The molecule has 2 rings (SSSR count). The third kappa shape index (κ3) is 3.29. The van der Waals surface area contributed by atoms with E-state index in [-0.39, 0.29) is 0 Å². The number of hydrogen-bond donors (Lipinski definition) is 0. The van der Waals surface area contributed by atoms with E-state index in [1.165, 1.54) is 6.42 Å². The SMILES string of the molecule is CC(C)(C)[Si](F)(ON=C1CCCCC1)c1ccccc1. The van der Waals surface area contributed by atoms with E-state index in [0.29, 0.717) is 5.19 Å². The van der Waals surface area contributed by atoms with E-state index in [1.54, 1.807) is 0 Å². The number of hydrogen-bond acceptors (Lipinski definition) is 2. The lowest BCUT2D eigenvalue weighted by Crippen LogP contribution is -2.53. The molecule has 1 aromatic carbocycles. The monoisotopic (exact) mass is 293 g/mol. The van der Waals surface area contributed by atoms with E-state index in [1.807, 2.05) is 51.1 Å². The second kappa shape index (κ2) is 6.08. The average molecular weight is 293 g/mol. The first-order valence-corrected chi connectivity index (χ1v) is 9.20. The van der Waals surface area contributed by atoms with Gasteiger partial charge in [-0.3, -0.25) is 4.11 Å². The normalized spacial score (nSPS) is 19.3. The van der Waals surface area contributed by atoms with Crippen LogP contribution in [-0.2, 0) is 4.53 Å². The Balaban J connectivity index is 2.24. The fraction of sp³-hybridized carbons (Fsp3) is 0.562. The van der Waals surface area contributed by atoms with Crippen molar-refractivity contribution >= 4 is 19.5 Å². The van der Waals surface area contributed by atoms with E-state index < -0.39 is 13.7 Å². The summed E-state index contributed by atoms with van der Waals surface area (Å²) in [6, 6.07) is 9.25. The minimum Gasteiger partial charge on any atom is -0.412 e. The van der Waals surface area contributed by atoms with Crippen LogP contribution in [0.5, 0.6) is 0 Å². The standard InChI is InChI=1S/C16H24FNOSi/c1-16(2,3)20(17,15-12-8-5-9-13-15)19-18-14-10-6-4-7-11-14/h5,8-9,12-13H,4,6-7,10-11H2,1-3H3. The largest absolute Gasteiger partial charge is 0.503 e. The van der Waals surface area contributed by atoms with Crippen LogP contribution < -0.4 is 5.19 Å². The van der Waals surface area contributed by atoms with Crippen molar-refractivity contribution in [2.24, 2.45) is 5.16 Å². The molecule has 0 saturated heterocycles. The highest BCUT2D eigenvalue weighted by Crippen LogP contribution is 2.38. The molecule has 1 atom stereocenters. The smallest absolute Gasteiger partial charge is 0.412 e. The van der Waals surface area contributed by atoms with E-state index in [9.17, 15) is 0 Å². The number of oxime groups is 1. The predicted octanol–water partition coefficient (Wildman–Crippen LogP) is 4.44. The van der Waals surface area contributed by atoms with Gasteiger partial charge in [0.2, 0.25) is 0 Å². The Hall–Kier alpha value is -1.16. The summed E-state index contributed by atoms with van der Waals surface area (Å²) in [6.45, 7) is 5.69. The van der Waals surface area contributed by atoms with Gasteiger partial charge < -0.3 is 4.53 Å². The Kier molecular flexibility index (Phi) is 4.63. The minimum atomic E-state index is -3.60. The van der Waals surface area contributed by atoms with Gasteiger partial charge in [0.25, 0.3) is 0 Å². The molecular weight excluding hydrogens is 269 g/mol. The summed E-state index contributed by atoms with van der Waals surface area (Å²) in [5, 5.41) is 4.31. The van der Waals surface area contributed by atoms with Crippen LogP contribution in [0.15, 0.2) is 35.5 Å². The molecule has 1 saturated carbocycles. The first-order chi connectivity index (χ1) is 9.43. The molecule has 1 aliphatic carbocycles. The Morgan fingerprint density at radius 1 is 1.05 bits per heavy atom. The van der Waals surface area contributed by atoms with Crippen molar-refractivity contribution in [3.63, 3.8) is 0 Å². The van der Waals surface area contributed by atoms with Gasteiger partial charge in [0.1, 0.15) is 0 Å². The molecule has 1 aromatic rings. The molecule has 0 aliphatic heterocycles. The van der Waals surface area contributed by atoms with Crippen molar-refractivity contribution in [1.29, 1.82) is 0 Å². The molecule has 20 heavy (non-hydrogen) atoms. The minimum absolute atomic E-state index is 0.549. The van der Waals surface area contributed by atoms with Crippen molar-refractivity contribution < 1.29 is 8.63 Å². The molecule has 0 spiro atoms. The number of nitrogens with zero attached hydrogens (tertiary/aromatic N) is 1. The molecule has 0 bridgehead atoms. The zero-order valence-electron chi connectivity index (χ0n) is 12.7. The molecular formula is C16H24FNOSi. The summed E-state index contributed by atoms with van der Waals surface area (Å²) in [5.41, 5.74) is 1.02. The van der Waals surface area contributed by atoms with Gasteiger partial charge >= 0.3 is 8.65 Å². The zero-order chi connectivity index (χ0) is 14.6. The highest BCUT2D eigenvalue weighted by Gasteiger charge is 2.53. The second-order valence-electron chi connectivity index (χ2n) is 6.52. The maximum absolute atomic E-state index is 15.6. The Labute approximate surface area is 122 Å². The molecule has 0 N–H and O–H groups in total. The van der Waals surface area contributed by atoms with Crippen LogP contribution in [-0.4, -0.2) is 14.4 Å². The molecule has 0 radical (unpaired) electrons. The lowest BCUT2D eigenvalue weighted by molar-refractivity contribution is 0.265. The topological polar surface area (TPSA) is 21.6 Å². The molecule has 1 fully saturated rings. The first kappa shape index (κ1) is 15.2. The van der Waals surface area contributed by atoms with E-state index in [0.717, 1.165) is 31.4 Å². The molecule has 110 valence electrons. The van der Waals surface area contributed by atoms with Crippen molar-refractivity contribution in [3.8, 4) is 0 Å². The zero-order valence-corrected chi connectivity index (χ0v) is 13.7.